The van der Waals surface area contributed by atoms with Gasteiger partial charge in [0, 0.05) is 5.92 Å². The highest BCUT2D eigenvalue weighted by Gasteiger charge is 2.20. The largest absolute Gasteiger partial charge is 0.381 e. The molecule has 1 aliphatic heterocycles. The van der Waals surface area contributed by atoms with E-state index in [1.54, 1.807) is 0 Å². The number of halogens is 1. The number of hydrogen-bond donors (Lipinski definition) is 1. The Morgan fingerprint density at radius 2 is 2.07 bits per heavy atom. The van der Waals surface area contributed by atoms with Crippen molar-refractivity contribution in [2.24, 2.45) is 0 Å². The van der Waals surface area contributed by atoms with Crippen molar-refractivity contribution >= 4 is 21.7 Å². The van der Waals surface area contributed by atoms with Gasteiger partial charge in [-0.1, -0.05) is 0 Å². The number of rotatable bonds is 1. The molecule has 1 aromatic heterocycles. The smallest absolute Gasteiger partial charge is 0.160 e. The van der Waals surface area contributed by atoms with Gasteiger partial charge in [0.05, 0.1) is 10.2 Å². The number of nitrogens with two attached hydrogens (primary N) is 1. The lowest BCUT2D eigenvalue weighted by atomic mass is 9.94. The van der Waals surface area contributed by atoms with Crippen LogP contribution in [0, 0.1) is 0 Å². The van der Waals surface area contributed by atoms with Crippen molar-refractivity contribution in [1.82, 2.24) is 15.1 Å². The molecule has 4 nitrogen and oxygen atoms in total. The summed E-state index contributed by atoms with van der Waals surface area (Å²) in [4.78, 5) is 2.34. The fraction of sp³-hybridized carbons (Fsp3) is 0.600. The Hall–Kier alpha value is -0.680. The van der Waals surface area contributed by atoms with Crippen molar-refractivity contribution in [3.8, 4) is 0 Å². The molecule has 0 atom stereocenters. The molecule has 0 aliphatic carbocycles. The van der Waals surface area contributed by atoms with Crippen molar-refractivity contribution in [3.63, 3.8) is 0 Å². The van der Waals surface area contributed by atoms with E-state index >= 15 is 0 Å². The summed E-state index contributed by atoms with van der Waals surface area (Å²) in [6.45, 7) is 2.27. The summed E-state index contributed by atoms with van der Waals surface area (Å²) in [5.41, 5.74) is 6.67. The average Bonchev–Trinajstić information content (AvgIpc) is 2.23. The van der Waals surface area contributed by atoms with Gasteiger partial charge in [-0.25, -0.2) is 0 Å². The van der Waals surface area contributed by atoms with E-state index in [9.17, 15) is 0 Å². The second-order valence-corrected chi connectivity index (χ2v) is 4.93. The molecule has 1 aliphatic rings. The number of likely N-dealkylation sites (tertiary alicyclic amines) is 1. The van der Waals surface area contributed by atoms with Gasteiger partial charge in [0.25, 0.3) is 0 Å². The zero-order chi connectivity index (χ0) is 10.8. The summed E-state index contributed by atoms with van der Waals surface area (Å²) in [6.07, 6.45) is 2.31. The fourth-order valence-corrected chi connectivity index (χ4v) is 2.21. The number of anilines is 1. The van der Waals surface area contributed by atoms with Crippen LogP contribution >= 0.6 is 15.9 Å². The standard InChI is InChI=1S/C10H15BrN4/c1-15-4-2-7(3-5-15)9-6-8(11)10(12)14-13-9/h6-7H,2-5H2,1H3,(H2,12,14). The van der Waals surface area contributed by atoms with Gasteiger partial charge < -0.3 is 10.6 Å². The minimum atomic E-state index is 0.465. The maximum absolute atomic E-state index is 5.61. The van der Waals surface area contributed by atoms with Crippen LogP contribution in [-0.2, 0) is 0 Å². The summed E-state index contributed by atoms with van der Waals surface area (Å²) >= 11 is 3.39. The zero-order valence-corrected chi connectivity index (χ0v) is 10.4. The Kier molecular flexibility index (Phi) is 3.21. The predicted molar refractivity (Wildman–Crippen MR) is 63.6 cm³/mol. The topological polar surface area (TPSA) is 55.0 Å². The first kappa shape index (κ1) is 10.8. The number of piperidine rings is 1. The van der Waals surface area contributed by atoms with Crippen molar-refractivity contribution < 1.29 is 0 Å². The van der Waals surface area contributed by atoms with E-state index in [1.807, 2.05) is 6.07 Å². The van der Waals surface area contributed by atoms with E-state index < -0.39 is 0 Å². The Bertz CT molecular complexity index is 347. The van der Waals surface area contributed by atoms with Crippen LogP contribution in [0.2, 0.25) is 0 Å². The molecule has 0 aromatic carbocycles. The minimum Gasteiger partial charge on any atom is -0.381 e. The molecule has 0 amide bonds. The van der Waals surface area contributed by atoms with Gasteiger partial charge in [-0.3, -0.25) is 0 Å². The highest BCUT2D eigenvalue weighted by Crippen LogP contribution is 2.28. The van der Waals surface area contributed by atoms with Crippen LogP contribution in [0.1, 0.15) is 24.5 Å². The van der Waals surface area contributed by atoms with Gasteiger partial charge in [-0.2, -0.15) is 5.10 Å². The maximum Gasteiger partial charge on any atom is 0.160 e. The molecule has 15 heavy (non-hydrogen) atoms. The lowest BCUT2D eigenvalue weighted by Gasteiger charge is -2.28. The van der Waals surface area contributed by atoms with Crippen LogP contribution < -0.4 is 5.73 Å². The normalized spacial score (nSPS) is 19.3. The molecule has 1 saturated heterocycles. The summed E-state index contributed by atoms with van der Waals surface area (Å²) in [6, 6.07) is 2.00. The molecule has 82 valence electrons. The second kappa shape index (κ2) is 4.45. The molecule has 0 unspecified atom stereocenters. The molecule has 0 saturated carbocycles. The summed E-state index contributed by atoms with van der Waals surface area (Å²) in [5, 5.41) is 8.10. The fourth-order valence-electron chi connectivity index (χ4n) is 1.90. The molecule has 0 radical (unpaired) electrons. The third-order valence-electron chi connectivity index (χ3n) is 2.93. The number of aromatic nitrogens is 2. The molecular weight excluding hydrogens is 256 g/mol. The van der Waals surface area contributed by atoms with Gasteiger partial charge in [0.15, 0.2) is 5.82 Å². The Morgan fingerprint density at radius 1 is 1.40 bits per heavy atom. The number of nitrogens with zero attached hydrogens (tertiary/aromatic N) is 3. The molecule has 0 spiro atoms. The van der Waals surface area contributed by atoms with Gasteiger partial charge in [0.1, 0.15) is 0 Å². The van der Waals surface area contributed by atoms with Gasteiger partial charge >= 0.3 is 0 Å². The van der Waals surface area contributed by atoms with Gasteiger partial charge in [-0.15, -0.1) is 5.10 Å². The van der Waals surface area contributed by atoms with E-state index in [0.29, 0.717) is 11.7 Å². The van der Waals surface area contributed by atoms with Crippen molar-refractivity contribution in [3.05, 3.63) is 16.2 Å². The molecule has 1 aromatic rings. The molecule has 0 bridgehead atoms. The van der Waals surface area contributed by atoms with Crippen molar-refractivity contribution in [2.45, 2.75) is 18.8 Å². The third-order valence-corrected chi connectivity index (χ3v) is 3.56. The molecular formula is C10H15BrN4. The van der Waals surface area contributed by atoms with Crippen LogP contribution in [-0.4, -0.2) is 35.2 Å². The van der Waals surface area contributed by atoms with Gasteiger partial charge in [0.2, 0.25) is 0 Å². The van der Waals surface area contributed by atoms with E-state index in [2.05, 4.69) is 38.1 Å². The molecule has 2 rings (SSSR count). The molecule has 2 heterocycles. The quantitative estimate of drug-likeness (QED) is 0.843. The van der Waals surface area contributed by atoms with Crippen LogP contribution in [0.15, 0.2) is 10.5 Å². The van der Waals surface area contributed by atoms with Gasteiger partial charge in [-0.05, 0) is 55.0 Å². The number of nitrogen functional groups attached to an aromatic ring is 1. The van der Waals surface area contributed by atoms with Crippen LogP contribution in [0.25, 0.3) is 0 Å². The third kappa shape index (κ3) is 2.46. The maximum atomic E-state index is 5.61. The first-order valence-electron chi connectivity index (χ1n) is 5.14. The van der Waals surface area contributed by atoms with Crippen molar-refractivity contribution in [1.29, 1.82) is 0 Å². The predicted octanol–water partition coefficient (Wildman–Crippen LogP) is 1.63. The minimum absolute atomic E-state index is 0.465. The van der Waals surface area contributed by atoms with Crippen LogP contribution in [0.4, 0.5) is 5.82 Å². The van der Waals surface area contributed by atoms with E-state index in [1.165, 1.54) is 0 Å². The second-order valence-electron chi connectivity index (χ2n) is 4.08. The number of hydrogen-bond acceptors (Lipinski definition) is 4. The molecule has 1 fully saturated rings. The van der Waals surface area contributed by atoms with E-state index in [4.69, 9.17) is 5.73 Å². The monoisotopic (exact) mass is 270 g/mol. The zero-order valence-electron chi connectivity index (χ0n) is 8.78. The van der Waals surface area contributed by atoms with Crippen molar-refractivity contribution in [2.75, 3.05) is 25.9 Å². The summed E-state index contributed by atoms with van der Waals surface area (Å²) < 4.78 is 0.853. The first-order valence-corrected chi connectivity index (χ1v) is 5.93. The van der Waals surface area contributed by atoms with E-state index in [0.717, 1.165) is 36.1 Å². The highest BCUT2D eigenvalue weighted by atomic mass is 79.9. The average molecular weight is 271 g/mol. The summed E-state index contributed by atoms with van der Waals surface area (Å²) in [7, 11) is 2.15. The SMILES string of the molecule is CN1CCC(c2cc(Br)c(N)nn2)CC1. The summed E-state index contributed by atoms with van der Waals surface area (Å²) in [5.74, 6) is 0.997. The Balaban J connectivity index is 2.12. The highest BCUT2D eigenvalue weighted by molar-refractivity contribution is 9.10. The van der Waals surface area contributed by atoms with Crippen LogP contribution in [0.5, 0.6) is 0 Å². The Morgan fingerprint density at radius 3 is 2.67 bits per heavy atom. The Labute approximate surface area is 98.0 Å². The molecule has 2 N–H and O–H groups in total. The molecule has 5 heteroatoms. The lowest BCUT2D eigenvalue weighted by Crippen LogP contribution is -2.29. The first-order chi connectivity index (χ1) is 7.16. The lowest BCUT2D eigenvalue weighted by molar-refractivity contribution is 0.253. The van der Waals surface area contributed by atoms with E-state index in [-0.39, 0.29) is 0 Å². The van der Waals surface area contributed by atoms with Crippen LogP contribution in [0.3, 0.4) is 0 Å².